The van der Waals surface area contributed by atoms with Crippen LogP contribution >= 0.6 is 0 Å². The number of hydrogen-bond donors (Lipinski definition) is 0. The minimum absolute atomic E-state index is 0.482. The minimum atomic E-state index is 0.482. The lowest BCUT2D eigenvalue weighted by Gasteiger charge is -2.12. The highest BCUT2D eigenvalue weighted by Crippen LogP contribution is 2.38. The normalized spacial score (nSPS) is 13.8. The summed E-state index contributed by atoms with van der Waals surface area (Å²) in [5.74, 6) is 1.50. The molecule has 19 heavy (non-hydrogen) atoms. The highest BCUT2D eigenvalue weighted by molar-refractivity contribution is 5.95. The van der Waals surface area contributed by atoms with Gasteiger partial charge >= 0.3 is 0 Å². The molecule has 100 valence electrons. The molecule has 3 rings (SSSR count). The minimum Gasteiger partial charge on any atom is -0.487 e. The topological polar surface area (TPSA) is 50.9 Å². The first-order valence-electron chi connectivity index (χ1n) is 6.47. The monoisotopic (exact) mass is 259 g/mol. The van der Waals surface area contributed by atoms with Gasteiger partial charge in [0.1, 0.15) is 17.7 Å². The number of nitrogens with zero attached hydrogens (tertiary/aromatic N) is 3. The Balaban J connectivity index is 1.95. The lowest BCUT2D eigenvalue weighted by atomic mass is 10.1. The van der Waals surface area contributed by atoms with E-state index in [9.17, 15) is 0 Å². The molecule has 0 amide bonds. The van der Waals surface area contributed by atoms with Crippen LogP contribution in [0.5, 0.6) is 5.75 Å². The van der Waals surface area contributed by atoms with Gasteiger partial charge in [-0.25, -0.2) is 4.99 Å². The molecule has 0 saturated carbocycles. The van der Waals surface area contributed by atoms with Crippen molar-refractivity contribution < 1.29 is 9.26 Å². The zero-order chi connectivity index (χ0) is 13.2. The number of hydrogen-bond acceptors (Lipinski definition) is 5. The fraction of sp³-hybridized carbons (Fsp3) is 0.429. The highest BCUT2D eigenvalue weighted by atomic mass is 16.5. The van der Waals surface area contributed by atoms with E-state index in [0.717, 1.165) is 36.1 Å². The quantitative estimate of drug-likeness (QED) is 0.846. The summed E-state index contributed by atoms with van der Waals surface area (Å²) in [4.78, 5) is 6.44. The lowest BCUT2D eigenvalue weighted by Crippen LogP contribution is -2.13. The molecule has 1 aliphatic rings. The largest absolute Gasteiger partial charge is 0.487 e. The molecule has 1 aromatic heterocycles. The van der Waals surface area contributed by atoms with Gasteiger partial charge in [0.15, 0.2) is 5.58 Å². The third-order valence-electron chi connectivity index (χ3n) is 3.22. The Morgan fingerprint density at radius 2 is 2.21 bits per heavy atom. The lowest BCUT2D eigenvalue weighted by molar-refractivity contribution is 0.375. The molecule has 1 aliphatic heterocycles. The van der Waals surface area contributed by atoms with Gasteiger partial charge in [-0.3, -0.25) is 0 Å². The van der Waals surface area contributed by atoms with Crippen LogP contribution in [0.15, 0.2) is 21.6 Å². The van der Waals surface area contributed by atoms with E-state index in [-0.39, 0.29) is 0 Å². The summed E-state index contributed by atoms with van der Waals surface area (Å²) in [6.07, 6.45) is 3.80. The Hall–Kier alpha value is -1.88. The van der Waals surface area contributed by atoms with E-state index in [0.29, 0.717) is 12.4 Å². The Kier molecular flexibility index (Phi) is 3.21. The van der Waals surface area contributed by atoms with Crippen molar-refractivity contribution in [2.24, 2.45) is 4.99 Å². The molecule has 0 spiro atoms. The van der Waals surface area contributed by atoms with Crippen LogP contribution < -0.4 is 4.74 Å². The summed E-state index contributed by atoms with van der Waals surface area (Å²) >= 11 is 0. The molecule has 0 fully saturated rings. The maximum atomic E-state index is 5.80. The molecule has 5 heteroatoms. The first-order valence-corrected chi connectivity index (χ1v) is 6.47. The van der Waals surface area contributed by atoms with Crippen molar-refractivity contribution >= 4 is 23.0 Å². The summed E-state index contributed by atoms with van der Waals surface area (Å²) in [6, 6.07) is 4.01. The van der Waals surface area contributed by atoms with Gasteiger partial charge in [-0.05, 0) is 45.1 Å². The first-order chi connectivity index (χ1) is 9.25. The van der Waals surface area contributed by atoms with E-state index in [4.69, 9.17) is 9.26 Å². The second-order valence-corrected chi connectivity index (χ2v) is 4.96. The molecule has 0 radical (unpaired) electrons. The first kappa shape index (κ1) is 12.2. The van der Waals surface area contributed by atoms with Crippen LogP contribution in [0.2, 0.25) is 0 Å². The summed E-state index contributed by atoms with van der Waals surface area (Å²) in [5.41, 5.74) is 1.93. The summed E-state index contributed by atoms with van der Waals surface area (Å²) < 4.78 is 11.1. The van der Waals surface area contributed by atoms with Gasteiger partial charge in [0.25, 0.3) is 0 Å². The van der Waals surface area contributed by atoms with E-state index < -0.39 is 0 Å². The molecule has 0 unspecified atom stereocenters. The summed E-state index contributed by atoms with van der Waals surface area (Å²) in [7, 11) is 4.17. The second kappa shape index (κ2) is 5.01. The van der Waals surface area contributed by atoms with Crippen molar-refractivity contribution in [2.45, 2.75) is 12.8 Å². The molecule has 2 aromatic rings. The smallest absolute Gasteiger partial charge is 0.206 e. The van der Waals surface area contributed by atoms with E-state index >= 15 is 0 Å². The average Bonchev–Trinajstić information content (AvgIpc) is 2.66. The van der Waals surface area contributed by atoms with Crippen LogP contribution in [0.1, 0.15) is 12.0 Å². The van der Waals surface area contributed by atoms with Crippen molar-refractivity contribution in [1.29, 1.82) is 0 Å². The Bertz CT molecular complexity index is 616. The van der Waals surface area contributed by atoms with Crippen LogP contribution in [-0.4, -0.2) is 43.5 Å². The Morgan fingerprint density at radius 3 is 3.05 bits per heavy atom. The highest BCUT2D eigenvalue weighted by Gasteiger charge is 2.18. The summed E-state index contributed by atoms with van der Waals surface area (Å²) in [5, 5.41) is 4.87. The van der Waals surface area contributed by atoms with Gasteiger partial charge in [-0.1, -0.05) is 11.2 Å². The van der Waals surface area contributed by atoms with Crippen molar-refractivity contribution in [2.75, 3.05) is 27.2 Å². The molecule has 1 aromatic carbocycles. The molecular formula is C14H17N3O2. The van der Waals surface area contributed by atoms with Crippen LogP contribution in [-0.2, 0) is 6.42 Å². The molecule has 2 heterocycles. The van der Waals surface area contributed by atoms with Gasteiger partial charge in [0.05, 0.1) is 0 Å². The fourth-order valence-electron chi connectivity index (χ4n) is 2.31. The molecule has 0 aliphatic carbocycles. The zero-order valence-electron chi connectivity index (χ0n) is 11.2. The predicted molar refractivity (Wildman–Crippen MR) is 74.5 cm³/mol. The van der Waals surface area contributed by atoms with Gasteiger partial charge in [0.2, 0.25) is 5.82 Å². The van der Waals surface area contributed by atoms with Gasteiger partial charge in [-0.2, -0.15) is 0 Å². The third kappa shape index (κ3) is 2.33. The molecule has 0 N–H and O–H groups in total. The predicted octanol–water partition coefficient (Wildman–Crippen LogP) is 2.42. The van der Waals surface area contributed by atoms with Crippen molar-refractivity contribution in [3.05, 3.63) is 17.7 Å². The van der Waals surface area contributed by atoms with Crippen molar-refractivity contribution in [3.63, 3.8) is 0 Å². The van der Waals surface area contributed by atoms with Crippen molar-refractivity contribution in [3.8, 4) is 5.75 Å². The number of aryl methyl sites for hydroxylation is 1. The van der Waals surface area contributed by atoms with Crippen molar-refractivity contribution in [1.82, 2.24) is 10.1 Å². The molecule has 0 atom stereocenters. The average molecular weight is 259 g/mol. The standard InChI is InChI=1S/C14H17N3O2/c1-17(2)8-3-4-10-5-6-11-12-13(10)18-9-7-15-14(12)16-19-11/h5-7H,3-4,8-9H2,1-2H3. The van der Waals surface area contributed by atoms with E-state index in [2.05, 4.69) is 35.2 Å². The maximum Gasteiger partial charge on any atom is 0.206 e. The SMILES string of the molecule is CN(C)CCCc1ccc2onc3c2c1OCC=N3. The van der Waals surface area contributed by atoms with Crippen LogP contribution in [0.25, 0.3) is 11.0 Å². The molecule has 0 bridgehead atoms. The van der Waals surface area contributed by atoms with Gasteiger partial charge < -0.3 is 14.2 Å². The number of benzene rings is 1. The number of aromatic nitrogens is 1. The Morgan fingerprint density at radius 1 is 1.32 bits per heavy atom. The fourth-order valence-corrected chi connectivity index (χ4v) is 2.31. The molecular weight excluding hydrogens is 242 g/mol. The molecule has 5 nitrogen and oxygen atoms in total. The van der Waals surface area contributed by atoms with Crippen LogP contribution in [0.4, 0.5) is 5.82 Å². The Labute approximate surface area is 111 Å². The molecule has 0 saturated heterocycles. The number of rotatable bonds is 4. The summed E-state index contributed by atoms with van der Waals surface area (Å²) in [6.45, 7) is 1.54. The van der Waals surface area contributed by atoms with E-state index in [1.165, 1.54) is 5.56 Å². The maximum absolute atomic E-state index is 5.80. The second-order valence-electron chi connectivity index (χ2n) is 4.96. The van der Waals surface area contributed by atoms with Crippen LogP contribution in [0, 0.1) is 0 Å². The zero-order valence-corrected chi connectivity index (χ0v) is 11.2. The van der Waals surface area contributed by atoms with Crippen LogP contribution in [0.3, 0.4) is 0 Å². The number of aliphatic imine (C=N–C) groups is 1. The number of ether oxygens (including phenoxy) is 1. The van der Waals surface area contributed by atoms with E-state index in [1.54, 1.807) is 6.21 Å². The van der Waals surface area contributed by atoms with Gasteiger partial charge in [-0.15, -0.1) is 0 Å². The third-order valence-corrected chi connectivity index (χ3v) is 3.22. The van der Waals surface area contributed by atoms with Gasteiger partial charge in [0, 0.05) is 6.21 Å². The van der Waals surface area contributed by atoms with E-state index in [1.807, 2.05) is 6.07 Å².